The maximum absolute atomic E-state index is 4.79. The van der Waals surface area contributed by atoms with Crippen molar-refractivity contribution in [3.05, 3.63) is 78.9 Å². The molecule has 0 saturated carbocycles. The number of rotatable bonds is 3. The second-order valence-electron chi connectivity index (χ2n) is 9.39. The Bertz CT molecular complexity index is 1480. The lowest BCUT2D eigenvalue weighted by Gasteiger charge is -2.36. The fourth-order valence-electron chi connectivity index (χ4n) is 5.14. The summed E-state index contributed by atoms with van der Waals surface area (Å²) >= 11 is 0. The second-order valence-corrected chi connectivity index (χ2v) is 9.39. The van der Waals surface area contributed by atoms with Crippen molar-refractivity contribution in [3.8, 4) is 22.4 Å². The summed E-state index contributed by atoms with van der Waals surface area (Å²) in [5.41, 5.74) is 7.34. The van der Waals surface area contributed by atoms with E-state index >= 15 is 0 Å². The first-order valence-electron chi connectivity index (χ1n) is 11.9. The Kier molecular flexibility index (Phi) is 5.03. The molecule has 2 atom stereocenters. The van der Waals surface area contributed by atoms with Crippen LogP contribution in [0.2, 0.25) is 0 Å². The number of anilines is 1. The normalized spacial score (nSPS) is 18.6. The van der Waals surface area contributed by atoms with Crippen molar-refractivity contribution < 1.29 is 0 Å². The molecule has 1 fully saturated rings. The summed E-state index contributed by atoms with van der Waals surface area (Å²) in [7, 11) is 0. The van der Waals surface area contributed by atoms with Gasteiger partial charge in [0.15, 0.2) is 0 Å². The van der Waals surface area contributed by atoms with Crippen LogP contribution in [0.5, 0.6) is 0 Å². The van der Waals surface area contributed by atoms with Crippen LogP contribution in [0.1, 0.15) is 19.5 Å². The van der Waals surface area contributed by atoms with E-state index < -0.39 is 0 Å². The summed E-state index contributed by atoms with van der Waals surface area (Å²) < 4.78 is 2.15. The summed E-state index contributed by atoms with van der Waals surface area (Å²) in [4.78, 5) is 16.6. The van der Waals surface area contributed by atoms with Gasteiger partial charge in [0, 0.05) is 59.8 Å². The summed E-state index contributed by atoms with van der Waals surface area (Å²) in [6.45, 7) is 8.43. The molecule has 6 rings (SSSR count). The Morgan fingerprint density at radius 1 is 0.882 bits per heavy atom. The van der Waals surface area contributed by atoms with E-state index in [4.69, 9.17) is 9.97 Å². The highest BCUT2D eigenvalue weighted by Crippen LogP contribution is 2.31. The minimum Gasteiger partial charge on any atom is -0.354 e. The topological polar surface area (TPSA) is 58.4 Å². The largest absolute Gasteiger partial charge is 0.354 e. The fourth-order valence-corrected chi connectivity index (χ4v) is 5.14. The maximum Gasteiger partial charge on any atom is 0.137 e. The van der Waals surface area contributed by atoms with Crippen molar-refractivity contribution in [2.24, 2.45) is 0 Å². The molecule has 6 heteroatoms. The van der Waals surface area contributed by atoms with Crippen LogP contribution in [-0.4, -0.2) is 44.5 Å². The van der Waals surface area contributed by atoms with E-state index in [9.17, 15) is 0 Å². The van der Waals surface area contributed by atoms with Crippen LogP contribution < -0.4 is 10.2 Å². The molecule has 1 saturated heterocycles. The molecule has 0 amide bonds. The van der Waals surface area contributed by atoms with Gasteiger partial charge >= 0.3 is 0 Å². The van der Waals surface area contributed by atoms with Gasteiger partial charge in [0.1, 0.15) is 11.5 Å². The molecule has 0 unspecified atom stereocenters. The molecule has 6 nitrogen and oxygen atoms in total. The number of nitrogens with zero attached hydrogens (tertiary/aromatic N) is 5. The third-order valence-electron chi connectivity index (χ3n) is 6.60. The number of nitrogens with one attached hydrogen (secondary N) is 1. The summed E-state index contributed by atoms with van der Waals surface area (Å²) in [6.07, 6.45) is 6.03. The molecule has 0 spiro atoms. The van der Waals surface area contributed by atoms with Gasteiger partial charge in [0.25, 0.3) is 0 Å². The standard InChI is InChI=1S/C28H28N6/c1-18-12-24(23-6-4-5-7-25(23)32-18)26-15-30-28-13-21(10-11-34(26)28)22-8-9-27(29-14-22)33-16-19(2)31-20(3)17-33/h4-15,19-20,31H,16-17H2,1-3H3/t19-,20+. The first-order valence-corrected chi connectivity index (χ1v) is 11.9. The predicted octanol–water partition coefficient (Wildman–Crippen LogP) is 5.11. The van der Waals surface area contributed by atoms with Crippen molar-refractivity contribution in [2.45, 2.75) is 32.9 Å². The number of piperazine rings is 1. The lowest BCUT2D eigenvalue weighted by Crippen LogP contribution is -2.54. The first-order chi connectivity index (χ1) is 16.5. The van der Waals surface area contributed by atoms with Crippen molar-refractivity contribution in [3.63, 3.8) is 0 Å². The Morgan fingerprint density at radius 2 is 1.71 bits per heavy atom. The maximum atomic E-state index is 4.79. The number of pyridine rings is 3. The summed E-state index contributed by atoms with van der Waals surface area (Å²) in [5.74, 6) is 1.04. The zero-order valence-corrected chi connectivity index (χ0v) is 19.7. The van der Waals surface area contributed by atoms with Crippen molar-refractivity contribution >= 4 is 22.4 Å². The van der Waals surface area contributed by atoms with Gasteiger partial charge in [0.05, 0.1) is 17.4 Å². The summed E-state index contributed by atoms with van der Waals surface area (Å²) in [6, 6.07) is 19.9. The molecule has 1 aliphatic rings. The van der Waals surface area contributed by atoms with Crippen LogP contribution in [0.15, 0.2) is 73.2 Å². The van der Waals surface area contributed by atoms with Gasteiger partial charge in [-0.2, -0.15) is 0 Å². The van der Waals surface area contributed by atoms with Gasteiger partial charge in [-0.25, -0.2) is 9.97 Å². The highest BCUT2D eigenvalue weighted by Gasteiger charge is 2.21. The number of para-hydroxylation sites is 1. The molecule has 1 aromatic carbocycles. The van der Waals surface area contributed by atoms with Crippen LogP contribution in [0.25, 0.3) is 38.9 Å². The van der Waals surface area contributed by atoms with Gasteiger partial charge < -0.3 is 10.2 Å². The van der Waals surface area contributed by atoms with E-state index in [-0.39, 0.29) is 0 Å². The van der Waals surface area contributed by atoms with Gasteiger partial charge in [-0.05, 0) is 62.7 Å². The molecule has 34 heavy (non-hydrogen) atoms. The molecule has 0 aliphatic carbocycles. The van der Waals surface area contributed by atoms with Crippen LogP contribution >= 0.6 is 0 Å². The quantitative estimate of drug-likeness (QED) is 0.416. The average molecular weight is 449 g/mol. The highest BCUT2D eigenvalue weighted by atomic mass is 15.2. The van der Waals surface area contributed by atoms with Crippen LogP contribution in [0.4, 0.5) is 5.82 Å². The fraction of sp³-hybridized carbons (Fsp3) is 0.250. The Hall–Kier alpha value is -3.77. The highest BCUT2D eigenvalue weighted by molar-refractivity contribution is 5.94. The first kappa shape index (κ1) is 20.8. The minimum absolute atomic E-state index is 0.462. The molecule has 5 aromatic rings. The van der Waals surface area contributed by atoms with Crippen molar-refractivity contribution in [1.29, 1.82) is 0 Å². The molecular formula is C28H28N6. The van der Waals surface area contributed by atoms with Gasteiger partial charge in [-0.1, -0.05) is 18.2 Å². The Labute approximate surface area is 199 Å². The number of fused-ring (bicyclic) bond motifs is 2. The number of benzene rings is 1. The number of imidazole rings is 1. The smallest absolute Gasteiger partial charge is 0.137 e. The zero-order chi connectivity index (χ0) is 23.2. The number of aromatic nitrogens is 4. The molecule has 5 heterocycles. The van der Waals surface area contributed by atoms with Crippen LogP contribution in [0, 0.1) is 6.92 Å². The molecule has 1 aliphatic heterocycles. The Morgan fingerprint density at radius 3 is 2.50 bits per heavy atom. The third kappa shape index (κ3) is 3.70. The van der Waals surface area contributed by atoms with E-state index in [2.05, 4.69) is 88.2 Å². The lowest BCUT2D eigenvalue weighted by molar-refractivity contribution is 0.405. The second kappa shape index (κ2) is 8.22. The van der Waals surface area contributed by atoms with E-state index in [1.54, 1.807) is 0 Å². The number of aryl methyl sites for hydroxylation is 1. The van der Waals surface area contributed by atoms with Crippen LogP contribution in [-0.2, 0) is 0 Å². The minimum atomic E-state index is 0.462. The van der Waals surface area contributed by atoms with E-state index in [0.29, 0.717) is 12.1 Å². The molecule has 1 N–H and O–H groups in total. The lowest BCUT2D eigenvalue weighted by atomic mass is 10.1. The molecular weight excluding hydrogens is 420 g/mol. The third-order valence-corrected chi connectivity index (χ3v) is 6.60. The van der Waals surface area contributed by atoms with Gasteiger partial charge in [-0.3, -0.25) is 9.38 Å². The average Bonchev–Trinajstić information content (AvgIpc) is 3.26. The summed E-state index contributed by atoms with van der Waals surface area (Å²) in [5, 5.41) is 4.71. The molecule has 170 valence electrons. The van der Waals surface area contributed by atoms with Crippen molar-refractivity contribution in [1.82, 2.24) is 24.7 Å². The van der Waals surface area contributed by atoms with E-state index in [1.807, 2.05) is 25.4 Å². The predicted molar refractivity (Wildman–Crippen MR) is 138 cm³/mol. The SMILES string of the molecule is Cc1cc(-c2cnc3cc(-c4ccc(N5C[C@@H](C)N[C@@H](C)C5)nc4)ccn23)c2ccccc2n1. The number of hydrogen-bond acceptors (Lipinski definition) is 5. The molecule has 0 radical (unpaired) electrons. The monoisotopic (exact) mass is 448 g/mol. The number of hydrogen-bond donors (Lipinski definition) is 1. The molecule has 0 bridgehead atoms. The van der Waals surface area contributed by atoms with Crippen molar-refractivity contribution in [2.75, 3.05) is 18.0 Å². The van der Waals surface area contributed by atoms with E-state index in [1.165, 1.54) is 0 Å². The van der Waals surface area contributed by atoms with Gasteiger partial charge in [0.2, 0.25) is 0 Å². The molecule has 4 aromatic heterocycles. The van der Waals surface area contributed by atoms with E-state index in [0.717, 1.165) is 63.5 Å². The van der Waals surface area contributed by atoms with Gasteiger partial charge in [-0.15, -0.1) is 0 Å². The van der Waals surface area contributed by atoms with Crippen LogP contribution in [0.3, 0.4) is 0 Å². The zero-order valence-electron chi connectivity index (χ0n) is 19.7. The Balaban J connectivity index is 1.34.